The number of ether oxygens (including phenoxy) is 1. The quantitative estimate of drug-likeness (QED) is 0.821. The van der Waals surface area contributed by atoms with Gasteiger partial charge >= 0.3 is 6.18 Å². The van der Waals surface area contributed by atoms with Crippen molar-refractivity contribution in [3.8, 4) is 5.75 Å². The van der Waals surface area contributed by atoms with E-state index in [1.165, 1.54) is 40.0 Å². The Kier molecular flexibility index (Phi) is 4.02. The van der Waals surface area contributed by atoms with E-state index < -0.39 is 17.2 Å². The van der Waals surface area contributed by atoms with Gasteiger partial charge < -0.3 is 15.6 Å². The minimum atomic E-state index is -4.85. The minimum Gasteiger partial charge on any atom is -0.496 e. The van der Waals surface area contributed by atoms with Crippen molar-refractivity contribution in [2.45, 2.75) is 39.5 Å². The number of rotatable bonds is 2. The van der Waals surface area contributed by atoms with Crippen LogP contribution in [-0.4, -0.2) is 18.4 Å². The number of benzene rings is 1. The van der Waals surface area contributed by atoms with Crippen molar-refractivity contribution >= 4 is 5.69 Å². The van der Waals surface area contributed by atoms with Gasteiger partial charge in [-0.15, -0.1) is 0 Å². The van der Waals surface area contributed by atoms with E-state index in [-0.39, 0.29) is 11.3 Å². The Morgan fingerprint density at radius 3 is 2.00 bits per heavy atom. The summed E-state index contributed by atoms with van der Waals surface area (Å²) in [5, 5.41) is 10.4. The molecule has 0 heterocycles. The second-order valence-corrected chi connectivity index (χ2v) is 5.87. The third kappa shape index (κ3) is 2.44. The highest BCUT2D eigenvalue weighted by molar-refractivity contribution is 5.56. The maximum atomic E-state index is 13.5. The molecule has 0 saturated carbocycles. The van der Waals surface area contributed by atoms with Crippen LogP contribution in [-0.2, 0) is 5.60 Å². The molecule has 6 heteroatoms. The van der Waals surface area contributed by atoms with Gasteiger partial charge in [-0.1, -0.05) is 20.8 Å². The Hall–Kier alpha value is -1.43. The molecule has 0 aliphatic heterocycles. The van der Waals surface area contributed by atoms with Gasteiger partial charge in [-0.25, -0.2) is 0 Å². The summed E-state index contributed by atoms with van der Waals surface area (Å²) < 4.78 is 45.5. The number of anilines is 1. The van der Waals surface area contributed by atoms with Crippen LogP contribution >= 0.6 is 0 Å². The molecule has 0 spiro atoms. The van der Waals surface area contributed by atoms with E-state index in [4.69, 9.17) is 10.5 Å². The molecular formula is C14H20F3NO2. The van der Waals surface area contributed by atoms with Gasteiger partial charge in [0.1, 0.15) is 5.75 Å². The maximum absolute atomic E-state index is 13.5. The molecule has 3 nitrogen and oxygen atoms in total. The molecule has 1 aromatic carbocycles. The largest absolute Gasteiger partial charge is 0.496 e. The first kappa shape index (κ1) is 16.6. The standard InChI is InChI=1S/C14H20F3NO2/c1-8-6-9(11(20-5)7-10(8)18)13(19,12(2,3)4)14(15,16)17/h6-7,19H,18H2,1-5H3. The zero-order chi connectivity index (χ0) is 15.9. The van der Waals surface area contributed by atoms with Gasteiger partial charge in [-0.05, 0) is 18.6 Å². The number of nitrogens with two attached hydrogens (primary N) is 1. The van der Waals surface area contributed by atoms with Crippen LogP contribution in [0.5, 0.6) is 5.75 Å². The average Bonchev–Trinajstić information content (AvgIpc) is 2.28. The van der Waals surface area contributed by atoms with Crippen molar-refractivity contribution in [1.29, 1.82) is 0 Å². The molecule has 0 bridgehead atoms. The van der Waals surface area contributed by atoms with Crippen LogP contribution in [0.15, 0.2) is 12.1 Å². The van der Waals surface area contributed by atoms with Crippen LogP contribution in [0.1, 0.15) is 31.9 Å². The van der Waals surface area contributed by atoms with E-state index in [0.717, 1.165) is 0 Å². The van der Waals surface area contributed by atoms with Crippen molar-refractivity contribution in [2.24, 2.45) is 5.41 Å². The van der Waals surface area contributed by atoms with Gasteiger partial charge in [0.2, 0.25) is 0 Å². The van der Waals surface area contributed by atoms with Gasteiger partial charge in [0, 0.05) is 22.7 Å². The summed E-state index contributed by atoms with van der Waals surface area (Å²) in [6.45, 7) is 5.56. The molecule has 0 aliphatic rings. The van der Waals surface area contributed by atoms with Crippen molar-refractivity contribution in [2.75, 3.05) is 12.8 Å². The Balaban J connectivity index is 3.72. The van der Waals surface area contributed by atoms with Crippen molar-refractivity contribution in [3.05, 3.63) is 23.3 Å². The Bertz CT molecular complexity index is 490. The van der Waals surface area contributed by atoms with Crippen molar-refractivity contribution in [1.82, 2.24) is 0 Å². The highest BCUT2D eigenvalue weighted by Crippen LogP contribution is 2.53. The van der Waals surface area contributed by atoms with Crippen LogP contribution in [0.25, 0.3) is 0 Å². The molecule has 0 saturated heterocycles. The normalized spacial score (nSPS) is 15.8. The number of nitrogen functional groups attached to an aromatic ring is 1. The molecule has 1 aromatic rings. The Morgan fingerprint density at radius 1 is 1.15 bits per heavy atom. The molecule has 1 rings (SSSR count). The second-order valence-electron chi connectivity index (χ2n) is 5.87. The number of hydrogen-bond donors (Lipinski definition) is 2. The molecule has 1 atom stereocenters. The maximum Gasteiger partial charge on any atom is 0.422 e. The fourth-order valence-corrected chi connectivity index (χ4v) is 2.14. The lowest BCUT2D eigenvalue weighted by Crippen LogP contribution is -2.52. The van der Waals surface area contributed by atoms with Crippen LogP contribution in [0.4, 0.5) is 18.9 Å². The highest BCUT2D eigenvalue weighted by atomic mass is 19.4. The number of hydrogen-bond acceptors (Lipinski definition) is 3. The number of methoxy groups -OCH3 is 1. The van der Waals surface area contributed by atoms with Gasteiger partial charge in [-0.3, -0.25) is 0 Å². The average molecular weight is 291 g/mol. The summed E-state index contributed by atoms with van der Waals surface area (Å²) in [6, 6.07) is 2.53. The first-order valence-electron chi connectivity index (χ1n) is 6.10. The molecule has 20 heavy (non-hydrogen) atoms. The smallest absolute Gasteiger partial charge is 0.422 e. The van der Waals surface area contributed by atoms with Crippen LogP contribution < -0.4 is 10.5 Å². The van der Waals surface area contributed by atoms with Crippen LogP contribution in [0, 0.1) is 12.3 Å². The van der Waals surface area contributed by atoms with Crippen molar-refractivity contribution < 1.29 is 23.0 Å². The van der Waals surface area contributed by atoms with Gasteiger partial charge in [0.15, 0.2) is 5.60 Å². The van der Waals surface area contributed by atoms with E-state index in [1.807, 2.05) is 0 Å². The zero-order valence-corrected chi connectivity index (χ0v) is 12.2. The molecule has 0 fully saturated rings. The molecule has 0 amide bonds. The van der Waals surface area contributed by atoms with Gasteiger partial charge in [0.25, 0.3) is 0 Å². The van der Waals surface area contributed by atoms with Gasteiger partial charge in [0.05, 0.1) is 7.11 Å². The summed E-state index contributed by atoms with van der Waals surface area (Å²) in [5.41, 5.74) is 1.61. The molecule has 3 N–H and O–H groups in total. The molecule has 1 unspecified atom stereocenters. The first-order valence-corrected chi connectivity index (χ1v) is 6.10. The summed E-state index contributed by atoms with van der Waals surface area (Å²) >= 11 is 0. The predicted molar refractivity (Wildman–Crippen MR) is 71.6 cm³/mol. The van der Waals surface area contributed by atoms with Crippen LogP contribution in [0.2, 0.25) is 0 Å². The molecule has 0 radical (unpaired) electrons. The lowest BCUT2D eigenvalue weighted by atomic mass is 9.71. The van der Waals surface area contributed by atoms with Crippen molar-refractivity contribution in [3.63, 3.8) is 0 Å². The Labute approximate surface area is 116 Å². The first-order chi connectivity index (χ1) is 8.86. The van der Waals surface area contributed by atoms with E-state index >= 15 is 0 Å². The highest BCUT2D eigenvalue weighted by Gasteiger charge is 2.62. The third-order valence-corrected chi connectivity index (χ3v) is 3.47. The summed E-state index contributed by atoms with van der Waals surface area (Å²) in [6.07, 6.45) is -4.85. The summed E-state index contributed by atoms with van der Waals surface area (Å²) in [5.74, 6) is -0.0807. The molecular weight excluding hydrogens is 271 g/mol. The van der Waals surface area contributed by atoms with E-state index in [9.17, 15) is 18.3 Å². The fourth-order valence-electron chi connectivity index (χ4n) is 2.14. The molecule has 0 aromatic heterocycles. The number of aliphatic hydroxyl groups is 1. The van der Waals surface area contributed by atoms with E-state index in [2.05, 4.69) is 0 Å². The van der Waals surface area contributed by atoms with Crippen LogP contribution in [0.3, 0.4) is 0 Å². The van der Waals surface area contributed by atoms with E-state index in [0.29, 0.717) is 11.3 Å². The predicted octanol–water partition coefficient (Wildman–Crippen LogP) is 3.38. The number of alkyl halides is 3. The molecule has 114 valence electrons. The zero-order valence-electron chi connectivity index (χ0n) is 12.2. The monoisotopic (exact) mass is 291 g/mol. The second kappa shape index (κ2) is 4.84. The Morgan fingerprint density at radius 2 is 1.65 bits per heavy atom. The lowest BCUT2D eigenvalue weighted by molar-refractivity contribution is -0.302. The lowest BCUT2D eigenvalue weighted by Gasteiger charge is -2.42. The van der Waals surface area contributed by atoms with Gasteiger partial charge in [-0.2, -0.15) is 13.2 Å². The molecule has 0 aliphatic carbocycles. The third-order valence-electron chi connectivity index (χ3n) is 3.47. The summed E-state index contributed by atoms with van der Waals surface area (Å²) in [4.78, 5) is 0. The summed E-state index contributed by atoms with van der Waals surface area (Å²) in [7, 11) is 1.24. The topological polar surface area (TPSA) is 55.5 Å². The fraction of sp³-hybridized carbons (Fsp3) is 0.571. The van der Waals surface area contributed by atoms with E-state index in [1.54, 1.807) is 6.92 Å². The SMILES string of the molecule is COc1cc(N)c(C)cc1C(O)(C(C)(C)C)C(F)(F)F. The minimum absolute atomic E-state index is 0.0807. The number of halogens is 3. The number of aryl methyl sites for hydroxylation is 1.